The number of hydrogen-bond acceptors (Lipinski definition) is 6. The summed E-state index contributed by atoms with van der Waals surface area (Å²) in [6, 6.07) is 3.77. The molecule has 2 aromatic carbocycles. The molecule has 0 aliphatic carbocycles. The van der Waals surface area contributed by atoms with Crippen LogP contribution in [0.1, 0.15) is 30.2 Å². The van der Waals surface area contributed by atoms with Crippen molar-refractivity contribution in [1.82, 2.24) is 14.5 Å². The fourth-order valence-electron chi connectivity index (χ4n) is 6.33. The number of anilines is 1. The fourth-order valence-corrected chi connectivity index (χ4v) is 8.66. The monoisotopic (exact) mass is 664 g/mol. The van der Waals surface area contributed by atoms with Crippen LogP contribution in [0.3, 0.4) is 0 Å². The maximum absolute atomic E-state index is 15.3. The van der Waals surface area contributed by atoms with E-state index >= 15 is 4.39 Å². The third kappa shape index (κ3) is 5.51. The number of amides is 1. The second kappa shape index (κ2) is 11.5. The third-order valence-corrected chi connectivity index (χ3v) is 10.5. The van der Waals surface area contributed by atoms with Crippen LogP contribution in [0, 0.1) is 17.5 Å². The van der Waals surface area contributed by atoms with Crippen molar-refractivity contribution in [3.05, 3.63) is 86.7 Å². The van der Waals surface area contributed by atoms with E-state index in [1.165, 1.54) is 22.1 Å². The lowest BCUT2D eigenvalue weighted by atomic mass is 9.95. The first-order valence-electron chi connectivity index (χ1n) is 14.0. The number of thioether (sulfide) groups is 1. The number of halogens is 6. The van der Waals surface area contributed by atoms with Gasteiger partial charge in [0.15, 0.2) is 0 Å². The molecule has 1 saturated heterocycles. The van der Waals surface area contributed by atoms with Gasteiger partial charge in [0.05, 0.1) is 11.1 Å². The smallest absolute Gasteiger partial charge is 0.352 e. The summed E-state index contributed by atoms with van der Waals surface area (Å²) < 4.78 is 89.2. The SMILES string of the molecule is C=CC(=O)N1[C@H](C)CN(c2nc(=O)n3c4c(c(-c5ccc(F)cc5F)c(C(F)(F)F)cc24)SC[C@@H](c2cc(F)cs2)C3)C[C@@H]1C. The van der Waals surface area contributed by atoms with E-state index in [9.17, 15) is 31.5 Å². The Kier molecular flexibility index (Phi) is 8.00. The zero-order valence-corrected chi connectivity index (χ0v) is 25.6. The quantitative estimate of drug-likeness (QED) is 0.173. The number of carbonyl (C=O) groups excluding carboxylic acids is 1. The molecule has 2 aliphatic heterocycles. The van der Waals surface area contributed by atoms with Crippen LogP contribution in [0.25, 0.3) is 22.0 Å². The molecule has 3 atom stereocenters. The number of hydrogen-bond donors (Lipinski definition) is 0. The summed E-state index contributed by atoms with van der Waals surface area (Å²) in [7, 11) is 0. The van der Waals surface area contributed by atoms with E-state index < -0.39 is 64.0 Å². The van der Waals surface area contributed by atoms with E-state index in [1.807, 2.05) is 0 Å². The van der Waals surface area contributed by atoms with Gasteiger partial charge in [0.1, 0.15) is 23.3 Å². The van der Waals surface area contributed by atoms with Crippen LogP contribution in [0.5, 0.6) is 0 Å². The van der Waals surface area contributed by atoms with Crippen molar-refractivity contribution in [3.8, 4) is 11.1 Å². The maximum atomic E-state index is 15.3. The van der Waals surface area contributed by atoms with Gasteiger partial charge in [-0.1, -0.05) is 6.58 Å². The van der Waals surface area contributed by atoms with Gasteiger partial charge < -0.3 is 9.80 Å². The summed E-state index contributed by atoms with van der Waals surface area (Å²) in [5.74, 6) is -3.23. The number of rotatable bonds is 4. The lowest BCUT2D eigenvalue weighted by molar-refractivity contribution is -0.137. The average Bonchev–Trinajstić information content (AvgIpc) is 3.29. The average molecular weight is 665 g/mol. The van der Waals surface area contributed by atoms with Gasteiger partial charge in [-0.15, -0.1) is 23.1 Å². The van der Waals surface area contributed by atoms with E-state index in [4.69, 9.17) is 0 Å². The van der Waals surface area contributed by atoms with Gasteiger partial charge in [0.2, 0.25) is 5.91 Å². The van der Waals surface area contributed by atoms with Crippen molar-refractivity contribution in [2.24, 2.45) is 0 Å². The molecular weight excluding hydrogens is 638 g/mol. The molecule has 1 fully saturated rings. The lowest BCUT2D eigenvalue weighted by Crippen LogP contribution is -2.58. The van der Waals surface area contributed by atoms with Crippen LogP contribution >= 0.6 is 23.1 Å². The van der Waals surface area contributed by atoms with Crippen LogP contribution in [0.15, 0.2) is 58.1 Å². The zero-order valence-electron chi connectivity index (χ0n) is 24.0. The molecule has 2 aliphatic rings. The Morgan fingerprint density at radius 2 is 1.76 bits per heavy atom. The van der Waals surface area contributed by atoms with Gasteiger partial charge >= 0.3 is 11.9 Å². The first-order valence-corrected chi connectivity index (χ1v) is 15.9. The van der Waals surface area contributed by atoms with Crippen molar-refractivity contribution in [2.45, 2.75) is 49.5 Å². The van der Waals surface area contributed by atoms with E-state index in [-0.39, 0.29) is 52.9 Å². The minimum Gasteiger partial charge on any atom is -0.352 e. The van der Waals surface area contributed by atoms with Crippen LogP contribution in [-0.4, -0.2) is 51.3 Å². The third-order valence-electron chi connectivity index (χ3n) is 8.17. The summed E-state index contributed by atoms with van der Waals surface area (Å²) >= 11 is 2.13. The van der Waals surface area contributed by atoms with E-state index in [0.717, 1.165) is 41.3 Å². The van der Waals surface area contributed by atoms with Crippen molar-refractivity contribution in [2.75, 3.05) is 23.7 Å². The molecule has 45 heavy (non-hydrogen) atoms. The molecule has 6 nitrogen and oxygen atoms in total. The second-order valence-electron chi connectivity index (χ2n) is 11.2. The van der Waals surface area contributed by atoms with E-state index in [2.05, 4.69) is 11.6 Å². The maximum Gasteiger partial charge on any atom is 0.417 e. The van der Waals surface area contributed by atoms with E-state index in [0.29, 0.717) is 10.9 Å². The van der Waals surface area contributed by atoms with Gasteiger partial charge in [-0.3, -0.25) is 9.36 Å². The fraction of sp³-hybridized carbons (Fsp3) is 0.323. The minimum absolute atomic E-state index is 0.00626. The molecule has 0 saturated carbocycles. The van der Waals surface area contributed by atoms with Gasteiger partial charge in [-0.25, -0.2) is 18.0 Å². The number of aromatic nitrogens is 2. The molecule has 0 N–H and O–H groups in total. The molecule has 14 heteroatoms. The molecule has 1 amide bonds. The van der Waals surface area contributed by atoms with Gasteiger partial charge in [0, 0.05) is 81.1 Å². The van der Waals surface area contributed by atoms with E-state index in [1.54, 1.807) is 23.6 Å². The number of benzene rings is 2. The summed E-state index contributed by atoms with van der Waals surface area (Å²) in [4.78, 5) is 34.5. The number of nitrogens with zero attached hydrogens (tertiary/aromatic N) is 4. The molecular formula is C31H26F6N4O2S2. The molecule has 4 heterocycles. The van der Waals surface area contributed by atoms with Crippen LogP contribution in [0.2, 0.25) is 0 Å². The Morgan fingerprint density at radius 1 is 1.04 bits per heavy atom. The lowest BCUT2D eigenvalue weighted by Gasteiger charge is -2.44. The van der Waals surface area contributed by atoms with Crippen molar-refractivity contribution in [3.63, 3.8) is 0 Å². The largest absolute Gasteiger partial charge is 0.417 e. The number of carbonyl (C=O) groups is 1. The number of piperazine rings is 1. The molecule has 236 valence electrons. The predicted molar refractivity (Wildman–Crippen MR) is 162 cm³/mol. The van der Waals surface area contributed by atoms with Crippen LogP contribution in [0.4, 0.5) is 32.2 Å². The first-order chi connectivity index (χ1) is 21.3. The topological polar surface area (TPSA) is 58.4 Å². The molecule has 6 rings (SSSR count). The normalized spacial score (nSPS) is 20.4. The second-order valence-corrected chi connectivity index (χ2v) is 13.2. The van der Waals surface area contributed by atoms with Crippen molar-refractivity contribution >= 4 is 45.7 Å². The molecule has 0 spiro atoms. The standard InChI is InChI=1S/C31H26F6N4O2S2/c1-4-25(42)41-15(2)10-39(11-16(41)3)29-21-9-22(31(35,36)37)26(20-6-5-18(32)7-23(20)34)28-27(21)40(30(43)38-29)12-17(13-45-28)24-8-19(33)14-44-24/h4-9,14-17H,1,10-13H2,2-3H3/t15-,16+,17-/m0/s1. The Bertz CT molecular complexity index is 1890. The molecule has 0 radical (unpaired) electrons. The minimum atomic E-state index is -4.97. The Labute approximate surface area is 262 Å². The molecule has 0 unspecified atom stereocenters. The Balaban J connectivity index is 1.64. The summed E-state index contributed by atoms with van der Waals surface area (Å²) in [6.07, 6.45) is -3.78. The summed E-state index contributed by atoms with van der Waals surface area (Å²) in [6.45, 7) is 7.45. The highest BCUT2D eigenvalue weighted by molar-refractivity contribution is 7.99. The van der Waals surface area contributed by atoms with Gasteiger partial charge in [0.25, 0.3) is 0 Å². The van der Waals surface area contributed by atoms with Gasteiger partial charge in [-0.2, -0.15) is 18.2 Å². The Morgan fingerprint density at radius 3 is 2.36 bits per heavy atom. The van der Waals surface area contributed by atoms with Crippen molar-refractivity contribution < 1.29 is 31.1 Å². The summed E-state index contributed by atoms with van der Waals surface area (Å²) in [5, 5.41) is 1.33. The first kappa shape index (κ1) is 31.2. The molecule has 2 aromatic heterocycles. The number of alkyl halides is 3. The van der Waals surface area contributed by atoms with Crippen LogP contribution in [-0.2, 0) is 17.5 Å². The predicted octanol–water partition coefficient (Wildman–Crippen LogP) is 7.06. The highest BCUT2D eigenvalue weighted by Gasteiger charge is 2.40. The molecule has 4 aromatic rings. The number of thiophene rings is 1. The molecule has 0 bridgehead atoms. The van der Waals surface area contributed by atoms with Crippen LogP contribution < -0.4 is 10.6 Å². The van der Waals surface area contributed by atoms with Gasteiger partial charge in [-0.05, 0) is 44.2 Å². The highest BCUT2D eigenvalue weighted by Crippen LogP contribution is 2.50. The summed E-state index contributed by atoms with van der Waals surface area (Å²) in [5.41, 5.74) is -2.75. The van der Waals surface area contributed by atoms with Crippen molar-refractivity contribution in [1.29, 1.82) is 0 Å². The Hall–Kier alpha value is -3.78. The highest BCUT2D eigenvalue weighted by atomic mass is 32.2. The zero-order chi connectivity index (χ0) is 32.4.